The first-order chi connectivity index (χ1) is 25.0. The number of fused-ring (bicyclic) bond motifs is 3. The number of thiophene rings is 1. The Morgan fingerprint density at radius 2 is 1.53 bits per heavy atom. The first kappa shape index (κ1) is 39.0. The number of nitrogens with zero attached hydrogens (tertiary/aromatic N) is 2. The summed E-state index contributed by atoms with van der Waals surface area (Å²) in [6.45, 7) is 14.1. The summed E-state index contributed by atoms with van der Waals surface area (Å²) in [4.78, 5) is 9.45. The summed E-state index contributed by atoms with van der Waals surface area (Å²) < 4.78 is 2.60. The fraction of sp³-hybridized carbons (Fsp3) is 0.292. The van der Waals surface area contributed by atoms with Gasteiger partial charge in [-0.2, -0.15) is 11.3 Å². The molecule has 0 unspecified atom stereocenters. The van der Waals surface area contributed by atoms with Crippen LogP contribution in [-0.2, 0) is 32.9 Å². The molecule has 5 heteroatoms. The Morgan fingerprint density at radius 3 is 2.25 bits per heavy atom. The van der Waals surface area contributed by atoms with E-state index in [2.05, 4.69) is 144 Å². The molecule has 0 bridgehead atoms. The van der Waals surface area contributed by atoms with Crippen molar-refractivity contribution >= 4 is 44.8 Å². The van der Waals surface area contributed by atoms with E-state index in [1.807, 2.05) is 35.7 Å². The summed E-state index contributed by atoms with van der Waals surface area (Å²) in [6.07, 6.45) is 11.9. The standard InChI is InChI=1S/C29H24NS.C19H26NSi.Ir/c1-2-9-22(10-3-1)23-13-14-24-25-11-6-12-26(29(25)31-28(24)19-23)27-18-21(15-16-30-27)17-20-7-4-5-8-20;1-19(2,3)13-16-12-17(15-10-8-7-9-11-15)20-14-18(16)21(4,5)6;/h1-3,6,9-11,13-16,18-20H,4-5,7-8,17H2;7-10,12,14H,13H2,1-6H3;/q2*-1;. The second kappa shape index (κ2) is 16.7. The van der Waals surface area contributed by atoms with Gasteiger partial charge in [-0.3, -0.25) is 0 Å². The average molecular weight is 907 g/mol. The van der Waals surface area contributed by atoms with Gasteiger partial charge in [-0.1, -0.05) is 137 Å². The largest absolute Gasteiger partial charge is 0.305 e. The van der Waals surface area contributed by atoms with Crippen LogP contribution in [0.1, 0.15) is 57.6 Å². The van der Waals surface area contributed by atoms with Gasteiger partial charge < -0.3 is 9.97 Å². The quantitative estimate of drug-likeness (QED) is 0.118. The Kier molecular flexibility index (Phi) is 12.3. The molecule has 0 atom stereocenters. The molecule has 3 heterocycles. The number of hydrogen-bond donors (Lipinski definition) is 0. The molecule has 1 saturated carbocycles. The van der Waals surface area contributed by atoms with Crippen LogP contribution < -0.4 is 5.19 Å². The number of hydrogen-bond acceptors (Lipinski definition) is 3. The summed E-state index contributed by atoms with van der Waals surface area (Å²) in [5.74, 6) is 0.843. The maximum absolute atomic E-state index is 4.75. The average Bonchev–Trinajstić information content (AvgIpc) is 3.79. The van der Waals surface area contributed by atoms with Crippen molar-refractivity contribution in [3.63, 3.8) is 0 Å². The number of aromatic nitrogens is 2. The first-order valence-electron chi connectivity index (χ1n) is 18.9. The maximum atomic E-state index is 4.75. The van der Waals surface area contributed by atoms with Gasteiger partial charge in [-0.15, -0.1) is 59.7 Å². The number of benzene rings is 4. The predicted octanol–water partition coefficient (Wildman–Crippen LogP) is 13.0. The van der Waals surface area contributed by atoms with E-state index < -0.39 is 8.07 Å². The van der Waals surface area contributed by atoms with Gasteiger partial charge in [-0.05, 0) is 74.1 Å². The zero-order chi connectivity index (χ0) is 36.3. The minimum absolute atomic E-state index is 0. The molecule has 2 nitrogen and oxygen atoms in total. The zero-order valence-electron chi connectivity index (χ0n) is 31.9. The molecule has 1 fully saturated rings. The van der Waals surface area contributed by atoms with Crippen LogP contribution in [0.3, 0.4) is 0 Å². The van der Waals surface area contributed by atoms with Crippen molar-refractivity contribution < 1.29 is 20.1 Å². The van der Waals surface area contributed by atoms with Gasteiger partial charge in [0.2, 0.25) is 0 Å². The van der Waals surface area contributed by atoms with E-state index in [-0.39, 0.29) is 25.5 Å². The molecule has 7 aromatic rings. The van der Waals surface area contributed by atoms with Gasteiger partial charge in [0.15, 0.2) is 0 Å². The molecular weight excluding hydrogens is 857 g/mol. The van der Waals surface area contributed by atoms with Crippen molar-refractivity contribution in [3.8, 4) is 33.6 Å². The zero-order valence-corrected chi connectivity index (χ0v) is 36.1. The third-order valence-corrected chi connectivity index (χ3v) is 13.4. The molecule has 4 aromatic carbocycles. The smallest absolute Gasteiger partial charge is 0.0798 e. The summed E-state index contributed by atoms with van der Waals surface area (Å²) in [5.41, 5.74) is 9.99. The Bertz CT molecular complexity index is 2280. The van der Waals surface area contributed by atoms with Crippen LogP contribution in [0.15, 0.2) is 116 Å². The van der Waals surface area contributed by atoms with Crippen molar-refractivity contribution in [2.24, 2.45) is 11.3 Å². The summed E-state index contributed by atoms with van der Waals surface area (Å²) in [6, 6.07) is 43.3. The second-order valence-corrected chi connectivity index (χ2v) is 22.8. The van der Waals surface area contributed by atoms with Crippen LogP contribution >= 0.6 is 11.3 Å². The van der Waals surface area contributed by atoms with Crippen LogP contribution in [0, 0.1) is 23.5 Å². The molecule has 1 aliphatic rings. The molecule has 1 radical (unpaired) electrons. The van der Waals surface area contributed by atoms with E-state index in [0.29, 0.717) is 0 Å². The molecule has 0 N–H and O–H groups in total. The van der Waals surface area contributed by atoms with Crippen LogP contribution in [0.2, 0.25) is 19.6 Å². The summed E-state index contributed by atoms with van der Waals surface area (Å²) >= 11 is 1.86. The molecular formula is C48H50IrN2SSi-2. The monoisotopic (exact) mass is 907 g/mol. The van der Waals surface area contributed by atoms with Gasteiger partial charge in [0.05, 0.1) is 8.07 Å². The predicted molar refractivity (Wildman–Crippen MR) is 227 cm³/mol. The second-order valence-electron chi connectivity index (χ2n) is 16.7. The Morgan fingerprint density at radius 1 is 0.755 bits per heavy atom. The normalized spacial score (nSPS) is 13.5. The molecule has 0 aliphatic heterocycles. The minimum Gasteiger partial charge on any atom is -0.305 e. The molecule has 3 aromatic heterocycles. The van der Waals surface area contributed by atoms with Crippen LogP contribution in [0.25, 0.3) is 53.8 Å². The summed E-state index contributed by atoms with van der Waals surface area (Å²) in [5, 5.41) is 4.10. The molecule has 0 spiro atoms. The van der Waals surface area contributed by atoms with Crippen molar-refractivity contribution in [2.45, 2.75) is 78.9 Å². The minimum atomic E-state index is -1.37. The van der Waals surface area contributed by atoms with E-state index in [1.165, 1.54) is 79.7 Å². The summed E-state index contributed by atoms with van der Waals surface area (Å²) in [7, 11) is -1.37. The van der Waals surface area contributed by atoms with E-state index in [4.69, 9.17) is 9.97 Å². The van der Waals surface area contributed by atoms with Gasteiger partial charge in [0, 0.05) is 37.2 Å². The van der Waals surface area contributed by atoms with Crippen molar-refractivity contribution in [3.05, 3.63) is 139 Å². The fourth-order valence-corrected chi connectivity index (χ4v) is 10.4. The molecule has 8 rings (SSSR count). The van der Waals surface area contributed by atoms with Gasteiger partial charge in [0.25, 0.3) is 0 Å². The van der Waals surface area contributed by atoms with E-state index in [1.54, 1.807) is 0 Å². The van der Waals surface area contributed by atoms with E-state index in [0.717, 1.165) is 34.9 Å². The number of rotatable bonds is 7. The Hall–Kier alpha value is -3.73. The third kappa shape index (κ3) is 9.50. The van der Waals surface area contributed by atoms with E-state index in [9.17, 15) is 0 Å². The van der Waals surface area contributed by atoms with E-state index >= 15 is 0 Å². The van der Waals surface area contributed by atoms with Crippen LogP contribution in [0.5, 0.6) is 0 Å². The van der Waals surface area contributed by atoms with Gasteiger partial charge in [0.1, 0.15) is 0 Å². The molecule has 273 valence electrons. The van der Waals surface area contributed by atoms with Crippen molar-refractivity contribution in [1.82, 2.24) is 9.97 Å². The molecule has 53 heavy (non-hydrogen) atoms. The Balaban J connectivity index is 0.000000193. The number of pyridine rings is 2. The van der Waals surface area contributed by atoms with Gasteiger partial charge in [-0.25, -0.2) is 0 Å². The van der Waals surface area contributed by atoms with Crippen molar-refractivity contribution in [1.29, 1.82) is 0 Å². The van der Waals surface area contributed by atoms with Gasteiger partial charge >= 0.3 is 0 Å². The Labute approximate surface area is 335 Å². The van der Waals surface area contributed by atoms with Crippen LogP contribution in [-0.4, -0.2) is 18.0 Å². The van der Waals surface area contributed by atoms with Crippen molar-refractivity contribution in [2.75, 3.05) is 0 Å². The molecule has 0 amide bonds. The van der Waals surface area contributed by atoms with Crippen LogP contribution in [0.4, 0.5) is 0 Å². The molecule has 0 saturated heterocycles. The SMILES string of the molecule is CC(C)(C)Cc1cc(-c2[c-]cccc2)ncc1[Si](C)(C)C.[Ir].[c-]1ccc2c(sc3cc(-c4ccccc4)ccc32)c1-c1cc(CC2CCCC2)ccn1. The maximum Gasteiger partial charge on any atom is 0.0798 e. The first-order valence-corrected chi connectivity index (χ1v) is 23.2. The third-order valence-electron chi connectivity index (χ3n) is 10.1. The topological polar surface area (TPSA) is 25.8 Å². The molecule has 1 aliphatic carbocycles. The fourth-order valence-electron chi connectivity index (χ4n) is 7.62.